The molecule has 0 saturated heterocycles. The number of carbonyl (C=O) groups excluding carboxylic acids is 1. The molecule has 0 spiro atoms. The summed E-state index contributed by atoms with van der Waals surface area (Å²) in [5, 5.41) is 10.7. The van der Waals surface area contributed by atoms with Crippen LogP contribution in [0.25, 0.3) is 0 Å². The van der Waals surface area contributed by atoms with E-state index in [0.29, 0.717) is 30.7 Å². The Morgan fingerprint density at radius 2 is 1.82 bits per heavy atom. The predicted octanol–water partition coefficient (Wildman–Crippen LogP) is 5.13. The minimum absolute atomic E-state index is 0.0496. The first-order valence-electron chi connectivity index (χ1n) is 11.3. The van der Waals surface area contributed by atoms with Crippen LogP contribution in [0.2, 0.25) is 0 Å². The van der Waals surface area contributed by atoms with Gasteiger partial charge in [0.05, 0.1) is 42.7 Å². The molecule has 0 aliphatic carbocycles. The summed E-state index contributed by atoms with van der Waals surface area (Å²) in [6.07, 6.45) is -8.75. The van der Waals surface area contributed by atoms with E-state index >= 15 is 0 Å². The molecule has 1 aliphatic rings. The molecular weight excluding hydrogens is 520 g/mol. The number of benzene rings is 1. The van der Waals surface area contributed by atoms with E-state index in [2.05, 4.69) is 20.4 Å². The Hall–Kier alpha value is -3.91. The molecule has 1 amide bonds. The average Bonchev–Trinajstić information content (AvgIpc) is 2.87. The number of ether oxygens (including phenoxy) is 1. The molecule has 0 bridgehead atoms. The summed E-state index contributed by atoms with van der Waals surface area (Å²) in [4.78, 5) is 19.1. The fourth-order valence-corrected chi connectivity index (χ4v) is 4.29. The first-order chi connectivity index (χ1) is 17.8. The fourth-order valence-electron chi connectivity index (χ4n) is 4.29. The van der Waals surface area contributed by atoms with Crippen LogP contribution in [0.3, 0.4) is 0 Å². The summed E-state index contributed by atoms with van der Waals surface area (Å²) in [7, 11) is 2.68. The van der Waals surface area contributed by atoms with Crippen LogP contribution in [0.1, 0.15) is 48.2 Å². The van der Waals surface area contributed by atoms with Gasteiger partial charge in [-0.1, -0.05) is 12.0 Å². The standard InChI is InChI=1S/C23H25F6N7O2/c1-4-16-10-18(20-17(36(16)12-37)5-6-19(32-20)38-3)35(21(30)33-34-31-2)11-13-7-14(22(24,25)26)9-15(8-13)23(27,28)29/h5-9,12,16,18H,4,10-11H2,1-3H3,(H2,30,31,33). The number of methoxy groups -OCH3 is 1. The number of hydrogen-bond donors (Lipinski definition) is 1. The molecule has 2 unspecified atom stereocenters. The zero-order valence-corrected chi connectivity index (χ0v) is 20.6. The molecule has 0 saturated carbocycles. The molecule has 0 fully saturated rings. The van der Waals surface area contributed by atoms with Crippen LogP contribution in [0.15, 0.2) is 45.8 Å². The van der Waals surface area contributed by atoms with Gasteiger partial charge in [-0.3, -0.25) is 4.79 Å². The lowest BCUT2D eigenvalue weighted by Gasteiger charge is -2.42. The number of hydrogen-bond acceptors (Lipinski definition) is 5. The Labute approximate surface area is 214 Å². The highest BCUT2D eigenvalue weighted by molar-refractivity contribution is 5.82. The molecule has 15 heteroatoms. The number of guanidine groups is 1. The number of alkyl halides is 6. The van der Waals surface area contributed by atoms with Gasteiger partial charge in [0.1, 0.15) is 0 Å². The van der Waals surface area contributed by atoms with Gasteiger partial charge in [0.2, 0.25) is 18.2 Å². The van der Waals surface area contributed by atoms with Crippen LogP contribution in [0, 0.1) is 0 Å². The highest BCUT2D eigenvalue weighted by atomic mass is 19.4. The lowest BCUT2D eigenvalue weighted by molar-refractivity contribution is -0.143. The summed E-state index contributed by atoms with van der Waals surface area (Å²) in [5.74, 6) is -0.145. The molecule has 1 aromatic carbocycles. The van der Waals surface area contributed by atoms with Crippen molar-refractivity contribution in [3.8, 4) is 5.88 Å². The highest BCUT2D eigenvalue weighted by Crippen LogP contribution is 2.42. The summed E-state index contributed by atoms with van der Waals surface area (Å²) >= 11 is 0. The molecule has 2 N–H and O–H groups in total. The fraction of sp³-hybridized carbons (Fsp3) is 0.435. The highest BCUT2D eigenvalue weighted by Gasteiger charge is 2.40. The number of nitrogens with zero attached hydrogens (tertiary/aromatic N) is 6. The third-order valence-electron chi connectivity index (χ3n) is 6.06. The molecule has 1 aromatic heterocycles. The van der Waals surface area contributed by atoms with E-state index < -0.39 is 36.1 Å². The van der Waals surface area contributed by atoms with E-state index in [4.69, 9.17) is 10.5 Å². The van der Waals surface area contributed by atoms with E-state index in [1.807, 2.05) is 6.92 Å². The molecule has 9 nitrogen and oxygen atoms in total. The van der Waals surface area contributed by atoms with Gasteiger partial charge in [-0.05, 0) is 47.9 Å². The SMILES string of the molecule is CCC1CC(N(Cc2cc(C(F)(F)F)cc(C(F)(F)F)c2)/C(N)=N/N=NC)c2nc(OC)ccc2N1C=O. The summed E-state index contributed by atoms with van der Waals surface area (Å²) < 4.78 is 86.2. The molecule has 1 aliphatic heterocycles. The Kier molecular flexibility index (Phi) is 8.47. The van der Waals surface area contributed by atoms with Crippen molar-refractivity contribution in [3.63, 3.8) is 0 Å². The van der Waals surface area contributed by atoms with Gasteiger partial charge in [-0.2, -0.15) is 31.5 Å². The zero-order valence-electron chi connectivity index (χ0n) is 20.6. The molecule has 2 aromatic rings. The van der Waals surface area contributed by atoms with E-state index in [9.17, 15) is 31.1 Å². The van der Waals surface area contributed by atoms with Gasteiger partial charge in [-0.25, -0.2) is 4.98 Å². The minimum atomic E-state index is -5.03. The third kappa shape index (κ3) is 6.14. The van der Waals surface area contributed by atoms with Crippen LogP contribution < -0.4 is 15.4 Å². The monoisotopic (exact) mass is 545 g/mol. The summed E-state index contributed by atoms with van der Waals surface area (Å²) in [6, 6.07) is 3.21. The number of fused-ring (bicyclic) bond motifs is 1. The van der Waals surface area contributed by atoms with E-state index in [1.54, 1.807) is 6.07 Å². The van der Waals surface area contributed by atoms with Crippen LogP contribution in [-0.4, -0.2) is 42.5 Å². The Balaban J connectivity index is 2.21. The van der Waals surface area contributed by atoms with Crippen molar-refractivity contribution in [2.45, 2.75) is 50.7 Å². The predicted molar refractivity (Wildman–Crippen MR) is 125 cm³/mol. The zero-order chi connectivity index (χ0) is 28.3. The second-order valence-electron chi connectivity index (χ2n) is 8.37. The first-order valence-corrected chi connectivity index (χ1v) is 11.3. The lowest BCUT2D eigenvalue weighted by atomic mass is 9.92. The Morgan fingerprint density at radius 1 is 1.18 bits per heavy atom. The van der Waals surface area contributed by atoms with Crippen molar-refractivity contribution in [3.05, 3.63) is 52.7 Å². The van der Waals surface area contributed by atoms with E-state index in [1.165, 1.54) is 30.0 Å². The van der Waals surface area contributed by atoms with Crippen molar-refractivity contribution < 1.29 is 35.9 Å². The average molecular weight is 545 g/mol. The summed E-state index contributed by atoms with van der Waals surface area (Å²) in [6.45, 7) is 1.32. The maximum absolute atomic E-state index is 13.5. The van der Waals surface area contributed by atoms with Gasteiger partial charge in [-0.15, -0.1) is 0 Å². The molecule has 206 valence electrons. The van der Waals surface area contributed by atoms with Gasteiger partial charge < -0.3 is 20.3 Å². The Bertz CT molecular complexity index is 1180. The largest absolute Gasteiger partial charge is 0.481 e. The maximum Gasteiger partial charge on any atom is 0.416 e. The van der Waals surface area contributed by atoms with E-state index in [-0.39, 0.29) is 41.6 Å². The second kappa shape index (κ2) is 11.2. The van der Waals surface area contributed by atoms with Crippen LogP contribution in [-0.2, 0) is 23.7 Å². The Morgan fingerprint density at radius 3 is 2.32 bits per heavy atom. The van der Waals surface area contributed by atoms with E-state index in [0.717, 1.165) is 0 Å². The quantitative estimate of drug-likeness (QED) is 0.130. The molecule has 38 heavy (non-hydrogen) atoms. The molecule has 2 heterocycles. The van der Waals surface area contributed by atoms with Crippen molar-refractivity contribution in [1.29, 1.82) is 0 Å². The number of rotatable bonds is 7. The molecule has 3 rings (SSSR count). The number of anilines is 1. The summed E-state index contributed by atoms with van der Waals surface area (Å²) in [5.41, 5.74) is 3.56. The minimum Gasteiger partial charge on any atom is -0.481 e. The van der Waals surface area contributed by atoms with Gasteiger partial charge >= 0.3 is 12.4 Å². The molecule has 2 atom stereocenters. The number of halogens is 6. The van der Waals surface area contributed by atoms with Crippen molar-refractivity contribution in [1.82, 2.24) is 9.88 Å². The van der Waals surface area contributed by atoms with Crippen LogP contribution >= 0.6 is 0 Å². The molecule has 0 radical (unpaired) electrons. The second-order valence-corrected chi connectivity index (χ2v) is 8.37. The van der Waals surface area contributed by atoms with Gasteiger partial charge in [0.25, 0.3) is 0 Å². The number of pyridine rings is 1. The number of carbonyl (C=O) groups is 1. The normalized spacial score (nSPS) is 18.4. The number of nitrogens with two attached hydrogens (primary N) is 1. The molecular formula is C23H25F6N7O2. The number of aromatic nitrogens is 1. The number of amides is 1. The van der Waals surface area contributed by atoms with Crippen LogP contribution in [0.4, 0.5) is 32.0 Å². The van der Waals surface area contributed by atoms with Gasteiger partial charge in [0, 0.05) is 18.7 Å². The topological polar surface area (TPSA) is 109 Å². The lowest BCUT2D eigenvalue weighted by Crippen LogP contribution is -2.47. The first kappa shape index (κ1) is 28.7. The smallest absolute Gasteiger partial charge is 0.416 e. The van der Waals surface area contributed by atoms with Gasteiger partial charge in [0.15, 0.2) is 0 Å². The van der Waals surface area contributed by atoms with Crippen molar-refractivity contribution in [2.24, 2.45) is 21.2 Å². The third-order valence-corrected chi connectivity index (χ3v) is 6.06. The van der Waals surface area contributed by atoms with Crippen molar-refractivity contribution in [2.75, 3.05) is 19.1 Å². The van der Waals surface area contributed by atoms with Crippen molar-refractivity contribution >= 4 is 18.1 Å². The maximum atomic E-state index is 13.5. The van der Waals surface area contributed by atoms with Crippen LogP contribution in [0.5, 0.6) is 5.88 Å².